The van der Waals surface area contributed by atoms with E-state index in [-0.39, 0.29) is 0 Å². The van der Waals surface area contributed by atoms with Gasteiger partial charge in [0.2, 0.25) is 0 Å². The highest BCUT2D eigenvalue weighted by molar-refractivity contribution is 4.99. The normalized spacial score (nSPS) is 12.6. The Morgan fingerprint density at radius 2 is 1.09 bits per heavy atom. The molecule has 2 N–H and O–H groups in total. The zero-order valence-corrected chi connectivity index (χ0v) is 14.4. The Labute approximate surface area is 137 Å². The Hall–Kier alpha value is -1.12. The molecule has 126 valence electrons. The number of hydrogen-bond acceptors (Lipinski definition) is 2. The number of rotatable bonds is 15. The van der Waals surface area contributed by atoms with Crippen molar-refractivity contribution in [2.75, 3.05) is 6.61 Å². The fraction of sp³-hybridized carbons (Fsp3) is 0.600. The van der Waals surface area contributed by atoms with Crippen molar-refractivity contribution >= 4 is 0 Å². The van der Waals surface area contributed by atoms with Gasteiger partial charge in [-0.1, -0.05) is 68.4 Å². The highest BCUT2D eigenvalue weighted by atomic mass is 16.6. The summed E-state index contributed by atoms with van der Waals surface area (Å²) < 4.78 is 0. The van der Waals surface area contributed by atoms with Crippen LogP contribution in [-0.4, -0.2) is 6.61 Å². The van der Waals surface area contributed by atoms with E-state index in [2.05, 4.69) is 60.4 Å². The fourth-order valence-corrected chi connectivity index (χ4v) is 2.01. The third kappa shape index (κ3) is 18.9. The Morgan fingerprint density at radius 3 is 1.55 bits per heavy atom. The molecule has 0 aromatic carbocycles. The smallest absolute Gasteiger partial charge is 0.0679 e. The highest BCUT2D eigenvalue weighted by Gasteiger charge is 1.84. The van der Waals surface area contributed by atoms with E-state index in [9.17, 15) is 0 Å². The predicted octanol–water partition coefficient (Wildman–Crippen LogP) is 6.02. The molecule has 0 aliphatic carbocycles. The van der Waals surface area contributed by atoms with Gasteiger partial charge in [-0.15, -0.1) is 0 Å². The molecular formula is C20H35NO. The van der Waals surface area contributed by atoms with Gasteiger partial charge in [-0.05, 0) is 51.4 Å². The largest absolute Gasteiger partial charge is 0.305 e. The second-order valence-electron chi connectivity index (χ2n) is 5.46. The van der Waals surface area contributed by atoms with Gasteiger partial charge < -0.3 is 4.84 Å². The Balaban J connectivity index is 3.35. The summed E-state index contributed by atoms with van der Waals surface area (Å²) in [6.45, 7) is 2.91. The van der Waals surface area contributed by atoms with E-state index in [1.807, 2.05) is 0 Å². The molecule has 22 heavy (non-hydrogen) atoms. The first kappa shape index (κ1) is 20.9. The van der Waals surface area contributed by atoms with Gasteiger partial charge in [0.25, 0.3) is 0 Å². The van der Waals surface area contributed by atoms with Crippen molar-refractivity contribution < 1.29 is 4.84 Å². The summed E-state index contributed by atoms with van der Waals surface area (Å²) >= 11 is 0. The molecule has 0 saturated carbocycles. The van der Waals surface area contributed by atoms with Crippen LogP contribution in [0.4, 0.5) is 0 Å². The van der Waals surface area contributed by atoms with Crippen LogP contribution in [-0.2, 0) is 4.84 Å². The summed E-state index contributed by atoms with van der Waals surface area (Å²) in [5.41, 5.74) is 0. The van der Waals surface area contributed by atoms with E-state index >= 15 is 0 Å². The third-order valence-electron chi connectivity index (χ3n) is 3.34. The van der Waals surface area contributed by atoms with Crippen LogP contribution in [0.1, 0.15) is 71.1 Å². The van der Waals surface area contributed by atoms with Crippen LogP contribution < -0.4 is 5.90 Å². The van der Waals surface area contributed by atoms with E-state index in [0.29, 0.717) is 6.61 Å². The van der Waals surface area contributed by atoms with Crippen molar-refractivity contribution in [1.82, 2.24) is 0 Å². The molecule has 0 radical (unpaired) electrons. The van der Waals surface area contributed by atoms with Crippen LogP contribution in [0.15, 0.2) is 48.6 Å². The molecule has 0 fully saturated rings. The molecule has 0 heterocycles. The fourth-order valence-electron chi connectivity index (χ4n) is 2.01. The molecule has 2 nitrogen and oxygen atoms in total. The molecule has 0 rings (SSSR count). The van der Waals surface area contributed by atoms with E-state index in [4.69, 9.17) is 5.90 Å². The number of allylic oxidation sites excluding steroid dienone is 8. The van der Waals surface area contributed by atoms with Gasteiger partial charge in [-0.2, -0.15) is 0 Å². The van der Waals surface area contributed by atoms with Crippen LogP contribution in [0, 0.1) is 0 Å². The minimum atomic E-state index is 0.661. The Kier molecular flexibility index (Phi) is 18.9. The van der Waals surface area contributed by atoms with Gasteiger partial charge in [-0.3, -0.25) is 0 Å². The minimum Gasteiger partial charge on any atom is -0.305 e. The van der Waals surface area contributed by atoms with Gasteiger partial charge in [0.15, 0.2) is 0 Å². The van der Waals surface area contributed by atoms with E-state index < -0.39 is 0 Å². The van der Waals surface area contributed by atoms with E-state index in [1.54, 1.807) is 0 Å². The molecule has 0 spiro atoms. The second-order valence-corrected chi connectivity index (χ2v) is 5.46. The summed E-state index contributed by atoms with van der Waals surface area (Å²) in [6, 6.07) is 0. The predicted molar refractivity (Wildman–Crippen MR) is 98.5 cm³/mol. The van der Waals surface area contributed by atoms with Gasteiger partial charge in [0.1, 0.15) is 0 Å². The lowest BCUT2D eigenvalue weighted by atomic mass is 10.2. The first-order valence-electron chi connectivity index (χ1n) is 8.83. The molecule has 0 amide bonds. The van der Waals surface area contributed by atoms with Crippen molar-refractivity contribution in [1.29, 1.82) is 0 Å². The quantitative estimate of drug-likeness (QED) is 0.228. The Bertz CT molecular complexity index is 316. The van der Waals surface area contributed by atoms with Crippen LogP contribution >= 0.6 is 0 Å². The van der Waals surface area contributed by atoms with Crippen LogP contribution in [0.25, 0.3) is 0 Å². The average molecular weight is 306 g/mol. The maximum Gasteiger partial charge on any atom is 0.0679 e. The molecule has 0 aliphatic rings. The minimum absolute atomic E-state index is 0.661. The third-order valence-corrected chi connectivity index (χ3v) is 3.34. The highest BCUT2D eigenvalue weighted by Crippen LogP contribution is 2.01. The van der Waals surface area contributed by atoms with Crippen LogP contribution in [0.2, 0.25) is 0 Å². The summed E-state index contributed by atoms with van der Waals surface area (Å²) in [5, 5.41) is 0. The maximum atomic E-state index is 4.96. The molecule has 0 bridgehead atoms. The summed E-state index contributed by atoms with van der Waals surface area (Å²) in [6.07, 6.45) is 29.6. The summed E-state index contributed by atoms with van der Waals surface area (Å²) in [4.78, 5) is 4.52. The number of nitrogens with two attached hydrogens (primary N) is 1. The van der Waals surface area contributed by atoms with E-state index in [1.165, 1.54) is 25.7 Å². The van der Waals surface area contributed by atoms with Crippen molar-refractivity contribution in [3.63, 3.8) is 0 Å². The average Bonchev–Trinajstić information content (AvgIpc) is 2.54. The molecule has 0 atom stereocenters. The van der Waals surface area contributed by atoms with Crippen LogP contribution in [0.5, 0.6) is 0 Å². The molecule has 0 saturated heterocycles. The molecule has 2 heteroatoms. The second kappa shape index (κ2) is 19.9. The SMILES string of the molecule is CCCCC/C=C\C/C=C\C/C=C\C/C=C\CCCCON. The van der Waals surface area contributed by atoms with Crippen molar-refractivity contribution in [3.05, 3.63) is 48.6 Å². The molecule has 0 unspecified atom stereocenters. The summed E-state index contributed by atoms with van der Waals surface area (Å²) in [5.74, 6) is 4.96. The molecule has 0 aromatic heterocycles. The zero-order chi connectivity index (χ0) is 16.1. The van der Waals surface area contributed by atoms with Gasteiger partial charge in [0.05, 0.1) is 6.61 Å². The van der Waals surface area contributed by atoms with Crippen molar-refractivity contribution in [2.45, 2.75) is 71.1 Å². The lowest BCUT2D eigenvalue weighted by molar-refractivity contribution is 0.134. The first-order valence-corrected chi connectivity index (χ1v) is 8.83. The van der Waals surface area contributed by atoms with Crippen molar-refractivity contribution in [2.24, 2.45) is 5.90 Å². The Morgan fingerprint density at radius 1 is 0.636 bits per heavy atom. The van der Waals surface area contributed by atoms with Gasteiger partial charge >= 0.3 is 0 Å². The summed E-state index contributed by atoms with van der Waals surface area (Å²) in [7, 11) is 0. The topological polar surface area (TPSA) is 35.2 Å². The first-order chi connectivity index (χ1) is 10.9. The lowest BCUT2D eigenvalue weighted by Gasteiger charge is -1.94. The molecule has 0 aromatic rings. The monoisotopic (exact) mass is 305 g/mol. The zero-order valence-electron chi connectivity index (χ0n) is 14.4. The standard InChI is InChI=1S/C20H35NO/c1-2-3-4-5-6-7-8-9-10-11-12-13-14-15-16-17-18-19-20-22-21/h6-7,9-10,12-13,15-16H,2-5,8,11,14,17-21H2,1H3/b7-6-,10-9-,13-12-,16-15-. The van der Waals surface area contributed by atoms with E-state index in [0.717, 1.165) is 38.5 Å². The molecule has 0 aliphatic heterocycles. The number of hydrogen-bond donors (Lipinski definition) is 1. The van der Waals surface area contributed by atoms with Gasteiger partial charge in [0, 0.05) is 0 Å². The van der Waals surface area contributed by atoms with Crippen LogP contribution in [0.3, 0.4) is 0 Å². The van der Waals surface area contributed by atoms with Gasteiger partial charge in [-0.25, -0.2) is 5.90 Å². The molecular weight excluding hydrogens is 270 g/mol. The lowest BCUT2D eigenvalue weighted by Crippen LogP contribution is -1.99. The number of unbranched alkanes of at least 4 members (excludes halogenated alkanes) is 5. The maximum absolute atomic E-state index is 4.96. The van der Waals surface area contributed by atoms with Crippen molar-refractivity contribution in [3.8, 4) is 0 Å².